The molecule has 132 valence electrons. The lowest BCUT2D eigenvalue weighted by atomic mass is 10.0. The summed E-state index contributed by atoms with van der Waals surface area (Å²) in [5.41, 5.74) is 0.893. The largest absolute Gasteiger partial charge is 0.484 e. The number of amides is 1. The molecule has 5 heteroatoms. The van der Waals surface area contributed by atoms with Crippen LogP contribution in [0.5, 0.6) is 5.75 Å². The first kappa shape index (κ1) is 18.6. The molecule has 0 aromatic heterocycles. The highest BCUT2D eigenvalue weighted by molar-refractivity contribution is 6.09. The molecule has 1 amide bonds. The molecule has 25 heavy (non-hydrogen) atoms. The molecule has 0 aliphatic heterocycles. The topological polar surface area (TPSA) is 55.4 Å². The standard InChI is InChI=1S/C20H22FNO3/c1-2-3-4-13-22-19(23)14-25-18-11-7-16(8-12-18)20(24)15-5-9-17(21)10-6-15/h5-12H,2-4,13-14H2,1H3,(H,22,23). The minimum atomic E-state index is -0.381. The Morgan fingerprint density at radius 3 is 2.16 bits per heavy atom. The summed E-state index contributed by atoms with van der Waals surface area (Å²) in [5.74, 6) is -0.226. The number of rotatable bonds is 9. The summed E-state index contributed by atoms with van der Waals surface area (Å²) < 4.78 is 18.3. The average molecular weight is 343 g/mol. The van der Waals surface area contributed by atoms with Crippen molar-refractivity contribution >= 4 is 11.7 Å². The Balaban J connectivity index is 1.84. The number of halogens is 1. The average Bonchev–Trinajstić information content (AvgIpc) is 2.64. The summed E-state index contributed by atoms with van der Waals surface area (Å²) in [6.45, 7) is 2.70. The number of ether oxygens (including phenoxy) is 1. The third-order valence-corrected chi connectivity index (χ3v) is 3.70. The SMILES string of the molecule is CCCCCNC(=O)COc1ccc(C(=O)c2ccc(F)cc2)cc1. The van der Waals surface area contributed by atoms with Gasteiger partial charge in [-0.25, -0.2) is 4.39 Å². The molecule has 0 bridgehead atoms. The summed E-state index contributed by atoms with van der Waals surface area (Å²) in [6.07, 6.45) is 3.16. The first-order chi connectivity index (χ1) is 12.1. The van der Waals surface area contributed by atoms with Gasteiger partial charge in [-0.05, 0) is 55.0 Å². The maximum absolute atomic E-state index is 12.9. The number of hydrogen-bond donors (Lipinski definition) is 1. The van der Waals surface area contributed by atoms with Gasteiger partial charge in [0.05, 0.1) is 0 Å². The van der Waals surface area contributed by atoms with Crippen LogP contribution in [0.3, 0.4) is 0 Å². The zero-order chi connectivity index (χ0) is 18.1. The molecule has 0 fully saturated rings. The van der Waals surface area contributed by atoms with E-state index in [4.69, 9.17) is 4.74 Å². The van der Waals surface area contributed by atoms with Crippen molar-refractivity contribution in [3.63, 3.8) is 0 Å². The van der Waals surface area contributed by atoms with E-state index in [1.807, 2.05) is 0 Å². The number of carbonyl (C=O) groups excluding carboxylic acids is 2. The summed E-state index contributed by atoms with van der Waals surface area (Å²) in [4.78, 5) is 23.9. The Hall–Kier alpha value is -2.69. The molecule has 4 nitrogen and oxygen atoms in total. The smallest absolute Gasteiger partial charge is 0.257 e. The molecule has 0 aliphatic carbocycles. The van der Waals surface area contributed by atoms with Gasteiger partial charge in [-0.2, -0.15) is 0 Å². The molecule has 0 aliphatic rings. The van der Waals surface area contributed by atoms with Gasteiger partial charge in [-0.3, -0.25) is 9.59 Å². The van der Waals surface area contributed by atoms with E-state index in [1.165, 1.54) is 24.3 Å². The van der Waals surface area contributed by atoms with E-state index in [1.54, 1.807) is 24.3 Å². The molecule has 0 unspecified atom stereocenters. The van der Waals surface area contributed by atoms with Crippen molar-refractivity contribution in [1.82, 2.24) is 5.32 Å². The van der Waals surface area contributed by atoms with E-state index >= 15 is 0 Å². The van der Waals surface area contributed by atoms with Crippen molar-refractivity contribution in [3.05, 3.63) is 65.5 Å². The van der Waals surface area contributed by atoms with Gasteiger partial charge in [0.15, 0.2) is 12.4 Å². The molecule has 0 radical (unpaired) electrons. The molecule has 1 N–H and O–H groups in total. The van der Waals surface area contributed by atoms with E-state index < -0.39 is 0 Å². The fourth-order valence-corrected chi connectivity index (χ4v) is 2.27. The van der Waals surface area contributed by atoms with Crippen molar-refractivity contribution in [2.75, 3.05) is 13.2 Å². The summed E-state index contributed by atoms with van der Waals surface area (Å²) in [5, 5.41) is 2.79. The Bertz CT molecular complexity index is 696. The van der Waals surface area contributed by atoms with Gasteiger partial charge < -0.3 is 10.1 Å². The third kappa shape index (κ3) is 6.03. The van der Waals surface area contributed by atoms with E-state index in [9.17, 15) is 14.0 Å². The zero-order valence-corrected chi connectivity index (χ0v) is 14.3. The molecule has 0 saturated heterocycles. The van der Waals surface area contributed by atoms with Crippen LogP contribution in [-0.4, -0.2) is 24.8 Å². The first-order valence-corrected chi connectivity index (χ1v) is 8.40. The van der Waals surface area contributed by atoms with Crippen molar-refractivity contribution in [2.24, 2.45) is 0 Å². The summed E-state index contributed by atoms with van der Waals surface area (Å²) in [7, 11) is 0. The van der Waals surface area contributed by atoms with E-state index in [0.29, 0.717) is 23.4 Å². The maximum Gasteiger partial charge on any atom is 0.257 e. The van der Waals surface area contributed by atoms with Crippen molar-refractivity contribution in [1.29, 1.82) is 0 Å². The molecule has 2 aromatic carbocycles. The van der Waals surface area contributed by atoms with Gasteiger partial charge in [0.2, 0.25) is 0 Å². The number of hydrogen-bond acceptors (Lipinski definition) is 3. The number of ketones is 1. The van der Waals surface area contributed by atoms with Gasteiger partial charge in [0.1, 0.15) is 11.6 Å². The number of unbranched alkanes of at least 4 members (excludes halogenated alkanes) is 2. The van der Waals surface area contributed by atoms with E-state index in [0.717, 1.165) is 19.3 Å². The number of nitrogens with one attached hydrogen (secondary N) is 1. The Labute approximate surface area is 147 Å². The zero-order valence-electron chi connectivity index (χ0n) is 14.3. The maximum atomic E-state index is 12.9. The van der Waals surface area contributed by atoms with E-state index in [2.05, 4.69) is 12.2 Å². The van der Waals surface area contributed by atoms with Crippen molar-refractivity contribution in [3.8, 4) is 5.75 Å². The van der Waals surface area contributed by atoms with Crippen LogP contribution in [0.4, 0.5) is 4.39 Å². The van der Waals surface area contributed by atoms with Gasteiger partial charge in [-0.1, -0.05) is 19.8 Å². The fraction of sp³-hybridized carbons (Fsp3) is 0.300. The predicted molar refractivity (Wildman–Crippen MR) is 94.3 cm³/mol. The second kappa shape index (κ2) is 9.57. The minimum absolute atomic E-state index is 0.0582. The van der Waals surface area contributed by atoms with Crippen LogP contribution in [0.1, 0.15) is 42.1 Å². The van der Waals surface area contributed by atoms with Crippen LogP contribution in [0, 0.1) is 5.82 Å². The van der Waals surface area contributed by atoms with Crippen LogP contribution in [-0.2, 0) is 4.79 Å². The Morgan fingerprint density at radius 2 is 1.56 bits per heavy atom. The van der Waals surface area contributed by atoms with Gasteiger partial charge in [0.25, 0.3) is 5.91 Å². The molecule has 2 rings (SSSR count). The normalized spacial score (nSPS) is 10.3. The number of carbonyl (C=O) groups is 2. The highest BCUT2D eigenvalue weighted by Crippen LogP contribution is 2.16. The van der Waals surface area contributed by atoms with Crippen LogP contribution in [0.2, 0.25) is 0 Å². The minimum Gasteiger partial charge on any atom is -0.484 e. The Kier molecular flexibility index (Phi) is 7.14. The second-order valence-electron chi connectivity index (χ2n) is 5.71. The lowest BCUT2D eigenvalue weighted by Crippen LogP contribution is -2.29. The molecule has 2 aromatic rings. The van der Waals surface area contributed by atoms with Crippen molar-refractivity contribution < 1.29 is 18.7 Å². The lowest BCUT2D eigenvalue weighted by molar-refractivity contribution is -0.123. The van der Waals surface area contributed by atoms with Gasteiger partial charge in [0, 0.05) is 17.7 Å². The molecule has 0 saturated carbocycles. The molecule has 0 atom stereocenters. The molecule has 0 heterocycles. The van der Waals surface area contributed by atoms with Gasteiger partial charge in [-0.15, -0.1) is 0 Å². The summed E-state index contributed by atoms with van der Waals surface area (Å²) in [6, 6.07) is 11.9. The van der Waals surface area contributed by atoms with Crippen molar-refractivity contribution in [2.45, 2.75) is 26.2 Å². The predicted octanol–water partition coefficient (Wildman–Crippen LogP) is 3.74. The Morgan fingerprint density at radius 1 is 0.960 bits per heavy atom. The number of benzene rings is 2. The van der Waals surface area contributed by atoms with Crippen LogP contribution < -0.4 is 10.1 Å². The monoisotopic (exact) mass is 343 g/mol. The lowest BCUT2D eigenvalue weighted by Gasteiger charge is -2.08. The molecular weight excluding hydrogens is 321 g/mol. The summed E-state index contributed by atoms with van der Waals surface area (Å²) >= 11 is 0. The van der Waals surface area contributed by atoms with Crippen LogP contribution in [0.15, 0.2) is 48.5 Å². The van der Waals surface area contributed by atoms with Crippen LogP contribution >= 0.6 is 0 Å². The van der Waals surface area contributed by atoms with E-state index in [-0.39, 0.29) is 24.1 Å². The second-order valence-corrected chi connectivity index (χ2v) is 5.71. The van der Waals surface area contributed by atoms with Gasteiger partial charge >= 0.3 is 0 Å². The first-order valence-electron chi connectivity index (χ1n) is 8.40. The highest BCUT2D eigenvalue weighted by atomic mass is 19.1. The quantitative estimate of drug-likeness (QED) is 0.557. The third-order valence-electron chi connectivity index (χ3n) is 3.70. The molecule has 0 spiro atoms. The fourth-order valence-electron chi connectivity index (χ4n) is 2.27. The highest BCUT2D eigenvalue weighted by Gasteiger charge is 2.09. The van der Waals surface area contributed by atoms with Crippen LogP contribution in [0.25, 0.3) is 0 Å². The molecular formula is C20H22FNO3.